The number of benzene rings is 1. The summed E-state index contributed by atoms with van der Waals surface area (Å²) in [5.41, 5.74) is 0.339. The molecule has 7 nitrogen and oxygen atoms in total. The van der Waals surface area contributed by atoms with Crippen molar-refractivity contribution in [3.05, 3.63) is 52.3 Å². The number of ether oxygens (including phenoxy) is 1. The highest BCUT2D eigenvalue weighted by Gasteiger charge is 2.31. The van der Waals surface area contributed by atoms with E-state index in [1.54, 1.807) is 16.7 Å². The van der Waals surface area contributed by atoms with Gasteiger partial charge in [-0.3, -0.25) is 9.36 Å². The molecule has 0 saturated heterocycles. The van der Waals surface area contributed by atoms with Crippen LogP contribution in [0.1, 0.15) is 25.8 Å². The highest BCUT2D eigenvalue weighted by Crippen LogP contribution is 2.37. The molecule has 4 rings (SSSR count). The Balaban J connectivity index is 1.57. The minimum absolute atomic E-state index is 0.141. The summed E-state index contributed by atoms with van der Waals surface area (Å²) < 4.78 is 8.48. The Morgan fingerprint density at radius 1 is 1.30 bits per heavy atom. The number of hydrogen-bond donors (Lipinski definition) is 1. The predicted octanol–water partition coefficient (Wildman–Crippen LogP) is 3.15. The van der Waals surface area contributed by atoms with E-state index in [1.165, 1.54) is 16.0 Å². The van der Waals surface area contributed by atoms with Crippen LogP contribution in [0.15, 0.2) is 46.6 Å². The molecule has 0 unspecified atom stereocenters. The van der Waals surface area contributed by atoms with Crippen molar-refractivity contribution in [2.24, 2.45) is 0 Å². The van der Waals surface area contributed by atoms with Crippen molar-refractivity contribution < 1.29 is 9.53 Å². The van der Waals surface area contributed by atoms with Crippen molar-refractivity contribution in [3.63, 3.8) is 0 Å². The average Bonchev–Trinajstić information content (AvgIpc) is 3.23. The second-order valence-electron chi connectivity index (χ2n) is 6.32. The summed E-state index contributed by atoms with van der Waals surface area (Å²) in [7, 11) is 0. The van der Waals surface area contributed by atoms with Crippen LogP contribution < -0.4 is 15.7 Å². The van der Waals surface area contributed by atoms with E-state index in [0.29, 0.717) is 23.9 Å². The number of thiophene rings is 1. The highest BCUT2D eigenvalue weighted by molar-refractivity contribution is 7.13. The lowest BCUT2D eigenvalue weighted by molar-refractivity contribution is -0.117. The maximum atomic E-state index is 12.8. The summed E-state index contributed by atoms with van der Waals surface area (Å²) in [6, 6.07) is 11.3. The molecule has 1 aromatic carbocycles. The van der Waals surface area contributed by atoms with Crippen molar-refractivity contribution >= 4 is 22.9 Å². The highest BCUT2D eigenvalue weighted by atomic mass is 32.1. The zero-order valence-corrected chi connectivity index (χ0v) is 15.7. The van der Waals surface area contributed by atoms with Gasteiger partial charge >= 0.3 is 5.69 Å². The number of aromatic nitrogens is 3. The van der Waals surface area contributed by atoms with Crippen LogP contribution >= 0.6 is 11.3 Å². The molecule has 1 aliphatic carbocycles. The molecule has 1 fully saturated rings. The van der Waals surface area contributed by atoms with Gasteiger partial charge in [-0.05, 0) is 43.3 Å². The van der Waals surface area contributed by atoms with Gasteiger partial charge in [0.1, 0.15) is 12.3 Å². The number of nitrogens with one attached hydrogen (secondary N) is 1. The molecule has 8 heteroatoms. The quantitative estimate of drug-likeness (QED) is 0.679. The molecule has 0 aliphatic heterocycles. The van der Waals surface area contributed by atoms with Crippen LogP contribution in [0.5, 0.6) is 5.75 Å². The maximum Gasteiger partial charge on any atom is 0.346 e. The zero-order chi connectivity index (χ0) is 18.8. The molecule has 0 spiro atoms. The molecule has 1 aliphatic rings. The maximum absolute atomic E-state index is 12.8. The molecule has 140 valence electrons. The molecule has 1 saturated carbocycles. The Bertz CT molecular complexity index is 1000. The van der Waals surface area contributed by atoms with Crippen molar-refractivity contribution in [2.75, 3.05) is 11.9 Å². The van der Waals surface area contributed by atoms with Gasteiger partial charge in [0, 0.05) is 6.04 Å². The smallest absolute Gasteiger partial charge is 0.346 e. The summed E-state index contributed by atoms with van der Waals surface area (Å²) in [5, 5.41) is 9.20. The van der Waals surface area contributed by atoms with Crippen LogP contribution in [0.4, 0.5) is 5.69 Å². The van der Waals surface area contributed by atoms with Gasteiger partial charge in [0.05, 0.1) is 17.2 Å². The molecule has 0 atom stereocenters. The normalized spacial score (nSPS) is 13.5. The zero-order valence-electron chi connectivity index (χ0n) is 14.9. The minimum atomic E-state index is -0.317. The first-order valence-corrected chi connectivity index (χ1v) is 9.80. The van der Waals surface area contributed by atoms with Crippen LogP contribution in [-0.4, -0.2) is 26.9 Å². The fraction of sp³-hybridized carbons (Fsp3) is 0.316. The topological polar surface area (TPSA) is 78.2 Å². The van der Waals surface area contributed by atoms with E-state index in [-0.39, 0.29) is 24.2 Å². The first-order chi connectivity index (χ1) is 13.2. The molecule has 2 heterocycles. The molecule has 27 heavy (non-hydrogen) atoms. The van der Waals surface area contributed by atoms with E-state index in [1.807, 2.05) is 36.6 Å². The second-order valence-corrected chi connectivity index (χ2v) is 7.27. The molecular formula is C19H20N4O3S. The monoisotopic (exact) mass is 384 g/mol. The van der Waals surface area contributed by atoms with Gasteiger partial charge in [-0.15, -0.1) is 16.4 Å². The van der Waals surface area contributed by atoms with Gasteiger partial charge in [-0.25, -0.2) is 9.48 Å². The number of amides is 1. The number of rotatable bonds is 7. The predicted molar refractivity (Wildman–Crippen MR) is 104 cm³/mol. The first-order valence-electron chi connectivity index (χ1n) is 8.92. The van der Waals surface area contributed by atoms with Crippen LogP contribution in [0.3, 0.4) is 0 Å². The molecule has 1 amide bonds. The van der Waals surface area contributed by atoms with Crippen LogP contribution in [0, 0.1) is 0 Å². The average molecular weight is 384 g/mol. The first kappa shape index (κ1) is 17.5. The van der Waals surface area contributed by atoms with E-state index in [4.69, 9.17) is 4.74 Å². The minimum Gasteiger partial charge on any atom is -0.492 e. The molecule has 3 aromatic rings. The van der Waals surface area contributed by atoms with Crippen molar-refractivity contribution in [1.29, 1.82) is 0 Å². The Morgan fingerprint density at radius 3 is 2.81 bits per heavy atom. The number of anilines is 1. The summed E-state index contributed by atoms with van der Waals surface area (Å²) >= 11 is 1.53. The van der Waals surface area contributed by atoms with Gasteiger partial charge in [-0.2, -0.15) is 0 Å². The SMILES string of the molecule is CCOc1ccccc1NC(=O)Cn1nc(-c2cccs2)n(C2CC2)c1=O. The number of carbonyl (C=O) groups is 1. The lowest BCUT2D eigenvalue weighted by atomic mass is 10.3. The lowest BCUT2D eigenvalue weighted by Gasteiger charge is -2.10. The van der Waals surface area contributed by atoms with Gasteiger partial charge in [0.25, 0.3) is 0 Å². The summed E-state index contributed by atoms with van der Waals surface area (Å²) in [5.74, 6) is 0.922. The third kappa shape index (κ3) is 3.66. The van der Waals surface area contributed by atoms with Gasteiger partial charge in [0.2, 0.25) is 5.91 Å². The van der Waals surface area contributed by atoms with Crippen molar-refractivity contribution in [2.45, 2.75) is 32.4 Å². The molecule has 0 bridgehead atoms. The fourth-order valence-electron chi connectivity index (χ4n) is 2.94. The van der Waals surface area contributed by atoms with Gasteiger partial charge in [-0.1, -0.05) is 18.2 Å². The number of nitrogens with zero attached hydrogens (tertiary/aromatic N) is 3. The standard InChI is InChI=1S/C19H20N4O3S/c1-2-26-15-7-4-3-6-14(15)20-17(24)12-22-19(25)23(13-9-10-13)18(21-22)16-8-5-11-27-16/h3-8,11,13H,2,9-10,12H2,1H3,(H,20,24). The summed E-state index contributed by atoms with van der Waals surface area (Å²) in [4.78, 5) is 26.2. The van der Waals surface area contributed by atoms with E-state index in [2.05, 4.69) is 10.4 Å². The largest absolute Gasteiger partial charge is 0.492 e. The number of hydrogen-bond acceptors (Lipinski definition) is 5. The molecule has 0 radical (unpaired) electrons. The van der Waals surface area contributed by atoms with Gasteiger partial charge < -0.3 is 10.1 Å². The van der Waals surface area contributed by atoms with Crippen molar-refractivity contribution in [1.82, 2.24) is 14.3 Å². The van der Waals surface area contributed by atoms with E-state index in [0.717, 1.165) is 17.7 Å². The Morgan fingerprint density at radius 2 is 2.11 bits per heavy atom. The fourth-order valence-corrected chi connectivity index (χ4v) is 3.64. The molecule has 1 N–H and O–H groups in total. The third-order valence-corrected chi connectivity index (χ3v) is 5.14. The van der Waals surface area contributed by atoms with E-state index < -0.39 is 0 Å². The lowest BCUT2D eigenvalue weighted by Crippen LogP contribution is -2.30. The molecular weight excluding hydrogens is 364 g/mol. The molecule has 2 aromatic heterocycles. The van der Waals surface area contributed by atoms with Crippen LogP contribution in [0.25, 0.3) is 10.7 Å². The van der Waals surface area contributed by atoms with Crippen molar-refractivity contribution in [3.8, 4) is 16.5 Å². The van der Waals surface area contributed by atoms with Crippen LogP contribution in [0.2, 0.25) is 0 Å². The number of para-hydroxylation sites is 2. The Hall–Kier alpha value is -2.87. The Kier molecular flexibility index (Phi) is 4.81. The summed E-state index contributed by atoms with van der Waals surface area (Å²) in [6.07, 6.45) is 1.94. The van der Waals surface area contributed by atoms with Crippen LogP contribution in [-0.2, 0) is 11.3 Å². The second kappa shape index (κ2) is 7.40. The number of carbonyl (C=O) groups excluding carboxylic acids is 1. The summed E-state index contributed by atoms with van der Waals surface area (Å²) in [6.45, 7) is 2.24. The van der Waals surface area contributed by atoms with E-state index >= 15 is 0 Å². The third-order valence-electron chi connectivity index (χ3n) is 4.28. The van der Waals surface area contributed by atoms with Gasteiger partial charge in [0.15, 0.2) is 5.82 Å². The van der Waals surface area contributed by atoms with E-state index in [9.17, 15) is 9.59 Å². The Labute approximate surface area is 160 Å².